The maximum absolute atomic E-state index is 3.64. The smallest absolute Gasteiger partial charge is 0.0205 e. The molecule has 1 heteroatoms. The summed E-state index contributed by atoms with van der Waals surface area (Å²) >= 11 is 0. The Balaban J connectivity index is 1.51. The third-order valence-corrected chi connectivity index (χ3v) is 4.83. The second-order valence-corrected chi connectivity index (χ2v) is 6.70. The molecule has 0 radical (unpaired) electrons. The van der Waals surface area contributed by atoms with Crippen LogP contribution in [-0.2, 0) is 6.54 Å². The molecule has 1 fully saturated rings. The summed E-state index contributed by atoms with van der Waals surface area (Å²) in [6, 6.07) is 17.7. The molecule has 0 bridgehead atoms. The molecule has 116 valence electrons. The van der Waals surface area contributed by atoms with Gasteiger partial charge in [-0.25, -0.2) is 0 Å². The van der Waals surface area contributed by atoms with E-state index in [0.717, 1.165) is 12.5 Å². The quantitative estimate of drug-likeness (QED) is 0.785. The first kappa shape index (κ1) is 15.3. The van der Waals surface area contributed by atoms with Gasteiger partial charge in [-0.2, -0.15) is 0 Å². The van der Waals surface area contributed by atoms with Gasteiger partial charge in [0, 0.05) is 6.54 Å². The minimum Gasteiger partial charge on any atom is -0.312 e. The van der Waals surface area contributed by atoms with Gasteiger partial charge in [-0.1, -0.05) is 73.4 Å². The van der Waals surface area contributed by atoms with Gasteiger partial charge in [0.1, 0.15) is 0 Å². The summed E-state index contributed by atoms with van der Waals surface area (Å²) in [5, 5.41) is 3.64. The molecule has 2 aromatic rings. The van der Waals surface area contributed by atoms with Crippen molar-refractivity contribution < 1.29 is 0 Å². The van der Waals surface area contributed by atoms with Crippen LogP contribution in [0.5, 0.6) is 0 Å². The van der Waals surface area contributed by atoms with E-state index in [0.29, 0.717) is 0 Å². The van der Waals surface area contributed by atoms with Gasteiger partial charge in [0.05, 0.1) is 0 Å². The van der Waals surface area contributed by atoms with Crippen molar-refractivity contribution >= 4 is 0 Å². The van der Waals surface area contributed by atoms with Crippen molar-refractivity contribution in [2.45, 2.75) is 45.6 Å². The summed E-state index contributed by atoms with van der Waals surface area (Å²) in [6.45, 7) is 4.30. The highest BCUT2D eigenvalue weighted by molar-refractivity contribution is 5.63. The van der Waals surface area contributed by atoms with Crippen molar-refractivity contribution in [2.75, 3.05) is 6.54 Å². The number of nitrogens with one attached hydrogen (secondary N) is 1. The Morgan fingerprint density at radius 2 is 1.41 bits per heavy atom. The lowest BCUT2D eigenvalue weighted by Crippen LogP contribution is -2.24. The van der Waals surface area contributed by atoms with Crippen molar-refractivity contribution in [3.8, 4) is 11.1 Å². The molecule has 22 heavy (non-hydrogen) atoms. The summed E-state index contributed by atoms with van der Waals surface area (Å²) in [6.07, 6.45) is 7.13. The van der Waals surface area contributed by atoms with Crippen LogP contribution in [0, 0.1) is 12.8 Å². The van der Waals surface area contributed by atoms with Crippen LogP contribution in [0.25, 0.3) is 11.1 Å². The minimum atomic E-state index is 0.903. The number of hydrogen-bond acceptors (Lipinski definition) is 1. The zero-order valence-electron chi connectivity index (χ0n) is 13.6. The van der Waals surface area contributed by atoms with E-state index in [2.05, 4.69) is 60.8 Å². The second kappa shape index (κ2) is 7.60. The van der Waals surface area contributed by atoms with E-state index in [4.69, 9.17) is 0 Å². The van der Waals surface area contributed by atoms with Gasteiger partial charge < -0.3 is 5.32 Å². The maximum Gasteiger partial charge on any atom is 0.0205 e. The molecule has 1 saturated carbocycles. The van der Waals surface area contributed by atoms with Crippen molar-refractivity contribution in [1.82, 2.24) is 5.32 Å². The molecular weight excluding hydrogens is 266 g/mol. The molecule has 0 aliphatic heterocycles. The molecule has 1 nitrogen and oxygen atoms in total. The highest BCUT2D eigenvalue weighted by Crippen LogP contribution is 2.23. The first-order valence-electron chi connectivity index (χ1n) is 8.68. The lowest BCUT2D eigenvalue weighted by molar-refractivity contribution is 0.342. The zero-order valence-corrected chi connectivity index (χ0v) is 13.6. The molecule has 0 unspecified atom stereocenters. The van der Waals surface area contributed by atoms with Crippen molar-refractivity contribution in [3.63, 3.8) is 0 Å². The highest BCUT2D eigenvalue weighted by atomic mass is 14.9. The molecule has 0 spiro atoms. The maximum atomic E-state index is 3.64. The van der Waals surface area contributed by atoms with Gasteiger partial charge in [0.25, 0.3) is 0 Å². The number of hydrogen-bond donors (Lipinski definition) is 1. The molecular formula is C21H27N. The fourth-order valence-corrected chi connectivity index (χ4v) is 3.37. The van der Waals surface area contributed by atoms with Crippen LogP contribution in [0.2, 0.25) is 0 Å². The van der Waals surface area contributed by atoms with Gasteiger partial charge in [-0.05, 0) is 48.9 Å². The lowest BCUT2D eigenvalue weighted by Gasteiger charge is -2.21. The van der Waals surface area contributed by atoms with E-state index < -0.39 is 0 Å². The SMILES string of the molecule is Cc1ccc(-c2ccc(CNCC3CCCCC3)cc2)cc1. The van der Waals surface area contributed by atoms with Crippen LogP contribution in [0.3, 0.4) is 0 Å². The van der Waals surface area contributed by atoms with E-state index in [1.807, 2.05) is 0 Å². The van der Waals surface area contributed by atoms with E-state index in [-0.39, 0.29) is 0 Å². The van der Waals surface area contributed by atoms with Crippen LogP contribution < -0.4 is 5.32 Å². The lowest BCUT2D eigenvalue weighted by atomic mass is 9.89. The predicted molar refractivity (Wildman–Crippen MR) is 94.9 cm³/mol. The summed E-state index contributed by atoms with van der Waals surface area (Å²) in [5.74, 6) is 0.903. The van der Waals surface area contributed by atoms with Gasteiger partial charge in [-0.15, -0.1) is 0 Å². The third kappa shape index (κ3) is 4.20. The minimum absolute atomic E-state index is 0.903. The number of rotatable bonds is 5. The molecule has 0 amide bonds. The highest BCUT2D eigenvalue weighted by Gasteiger charge is 2.12. The van der Waals surface area contributed by atoms with E-state index in [9.17, 15) is 0 Å². The molecule has 0 aromatic heterocycles. The van der Waals surface area contributed by atoms with Gasteiger partial charge in [-0.3, -0.25) is 0 Å². The largest absolute Gasteiger partial charge is 0.312 e. The fourth-order valence-electron chi connectivity index (χ4n) is 3.37. The van der Waals surface area contributed by atoms with Crippen molar-refractivity contribution in [1.29, 1.82) is 0 Å². The van der Waals surface area contributed by atoms with Gasteiger partial charge in [0.15, 0.2) is 0 Å². The molecule has 1 aliphatic rings. The Bertz CT molecular complexity index is 562. The van der Waals surface area contributed by atoms with E-state index in [1.165, 1.54) is 60.9 Å². The second-order valence-electron chi connectivity index (χ2n) is 6.70. The predicted octanol–water partition coefficient (Wildman–Crippen LogP) is 5.33. The van der Waals surface area contributed by atoms with Crippen LogP contribution >= 0.6 is 0 Å². The summed E-state index contributed by atoms with van der Waals surface area (Å²) in [5.41, 5.74) is 5.29. The van der Waals surface area contributed by atoms with Crippen molar-refractivity contribution in [2.24, 2.45) is 5.92 Å². The van der Waals surface area contributed by atoms with Crippen LogP contribution in [0.15, 0.2) is 48.5 Å². The average Bonchev–Trinajstić information content (AvgIpc) is 2.57. The van der Waals surface area contributed by atoms with Gasteiger partial charge in [0.2, 0.25) is 0 Å². The fraction of sp³-hybridized carbons (Fsp3) is 0.429. The topological polar surface area (TPSA) is 12.0 Å². The Hall–Kier alpha value is -1.60. The van der Waals surface area contributed by atoms with Crippen LogP contribution in [0.4, 0.5) is 0 Å². The molecule has 3 rings (SSSR count). The average molecular weight is 293 g/mol. The van der Waals surface area contributed by atoms with Gasteiger partial charge >= 0.3 is 0 Å². The molecule has 1 aliphatic carbocycles. The molecule has 0 heterocycles. The monoisotopic (exact) mass is 293 g/mol. The Kier molecular flexibility index (Phi) is 5.29. The number of aryl methyl sites for hydroxylation is 1. The van der Waals surface area contributed by atoms with Crippen LogP contribution in [-0.4, -0.2) is 6.54 Å². The summed E-state index contributed by atoms with van der Waals surface area (Å²) in [7, 11) is 0. The summed E-state index contributed by atoms with van der Waals surface area (Å²) in [4.78, 5) is 0. The van der Waals surface area contributed by atoms with E-state index in [1.54, 1.807) is 0 Å². The third-order valence-electron chi connectivity index (χ3n) is 4.83. The zero-order chi connectivity index (χ0) is 15.2. The molecule has 0 saturated heterocycles. The summed E-state index contributed by atoms with van der Waals surface area (Å²) < 4.78 is 0. The Morgan fingerprint density at radius 1 is 0.818 bits per heavy atom. The first-order chi connectivity index (χ1) is 10.8. The first-order valence-corrected chi connectivity index (χ1v) is 8.68. The molecule has 2 aromatic carbocycles. The molecule has 0 atom stereocenters. The Morgan fingerprint density at radius 3 is 2.05 bits per heavy atom. The number of benzene rings is 2. The standard InChI is InChI=1S/C21H27N/c1-17-7-11-20(12-8-17)21-13-9-19(10-14-21)16-22-15-18-5-3-2-4-6-18/h7-14,18,22H,2-6,15-16H2,1H3. The van der Waals surface area contributed by atoms with Crippen LogP contribution in [0.1, 0.15) is 43.2 Å². The normalized spacial score (nSPS) is 15.9. The van der Waals surface area contributed by atoms with E-state index >= 15 is 0 Å². The van der Waals surface area contributed by atoms with Crippen molar-refractivity contribution in [3.05, 3.63) is 59.7 Å². The molecule has 1 N–H and O–H groups in total. The Labute approximate surface area is 134 Å².